The number of methoxy groups -OCH3 is 1. The van der Waals surface area contributed by atoms with Crippen molar-refractivity contribution in [3.63, 3.8) is 0 Å². The number of rotatable bonds is 7. The average molecular weight is 526 g/mol. The molecule has 0 unspecified atom stereocenters. The van der Waals surface area contributed by atoms with E-state index in [-0.39, 0.29) is 17.4 Å². The number of benzene rings is 2. The molecule has 200 valence electrons. The summed E-state index contributed by atoms with van der Waals surface area (Å²) < 4.78 is 6.75. The highest BCUT2D eigenvalue weighted by atomic mass is 16.5. The number of fused-ring (bicyclic) bond motifs is 2. The van der Waals surface area contributed by atoms with Crippen molar-refractivity contribution < 1.29 is 9.53 Å². The van der Waals surface area contributed by atoms with Gasteiger partial charge in [-0.2, -0.15) is 4.98 Å². The van der Waals surface area contributed by atoms with Crippen LogP contribution in [0.1, 0.15) is 5.56 Å². The molecule has 0 radical (unpaired) electrons. The summed E-state index contributed by atoms with van der Waals surface area (Å²) in [5.41, 5.74) is 10.7. The number of pyridine rings is 1. The lowest BCUT2D eigenvalue weighted by Crippen LogP contribution is -2.43. The Kier molecular flexibility index (Phi) is 7.03. The fourth-order valence-corrected chi connectivity index (χ4v) is 4.97. The molecule has 0 spiro atoms. The molecule has 0 fully saturated rings. The maximum atomic E-state index is 14.2. The standard InChI is InChI=1S/C29H31N7O3/c1-5-25(37)35-14-13-34(23-8-6-7-19(2)26(23)35)24-17-20-18-31-29(30)32-27(20)36(28(24)38)22-11-9-21(10-12-22)33(3)15-16-39-4/h5-12,17-18H,1,13-16H2,2-4H3,(H2,30,31,32). The molecule has 10 nitrogen and oxygen atoms in total. The summed E-state index contributed by atoms with van der Waals surface area (Å²) in [6.45, 7) is 7.77. The van der Waals surface area contributed by atoms with Crippen LogP contribution in [-0.4, -0.2) is 60.8 Å². The Morgan fingerprint density at radius 2 is 1.95 bits per heavy atom. The van der Waals surface area contributed by atoms with Gasteiger partial charge in [-0.25, -0.2) is 4.98 Å². The van der Waals surface area contributed by atoms with E-state index >= 15 is 0 Å². The minimum absolute atomic E-state index is 0.0804. The van der Waals surface area contributed by atoms with E-state index in [1.807, 2.05) is 61.3 Å². The fraction of sp³-hybridized carbons (Fsp3) is 0.241. The summed E-state index contributed by atoms with van der Waals surface area (Å²) in [4.78, 5) is 41.2. The highest BCUT2D eigenvalue weighted by molar-refractivity contribution is 6.05. The zero-order valence-corrected chi connectivity index (χ0v) is 22.3. The molecule has 0 saturated carbocycles. The Hall–Kier alpha value is -4.70. The van der Waals surface area contributed by atoms with E-state index in [2.05, 4.69) is 21.4 Å². The summed E-state index contributed by atoms with van der Waals surface area (Å²) in [6.07, 6.45) is 2.94. The molecular formula is C29H31N7O3. The number of nitrogens with two attached hydrogens (primary N) is 1. The maximum Gasteiger partial charge on any atom is 0.280 e. The Labute approximate surface area is 226 Å². The van der Waals surface area contributed by atoms with E-state index < -0.39 is 0 Å². The van der Waals surface area contributed by atoms with Crippen LogP contribution in [0.2, 0.25) is 0 Å². The van der Waals surface area contributed by atoms with Crippen LogP contribution in [0.5, 0.6) is 0 Å². The minimum atomic E-state index is -0.253. The van der Waals surface area contributed by atoms with Gasteiger partial charge in [0, 0.05) is 51.1 Å². The molecule has 0 bridgehead atoms. The van der Waals surface area contributed by atoms with Gasteiger partial charge in [-0.15, -0.1) is 0 Å². The van der Waals surface area contributed by atoms with Crippen LogP contribution in [0, 0.1) is 6.92 Å². The van der Waals surface area contributed by atoms with E-state index in [9.17, 15) is 9.59 Å². The van der Waals surface area contributed by atoms with Gasteiger partial charge in [-0.05, 0) is 55.0 Å². The Bertz CT molecular complexity index is 1610. The normalized spacial score (nSPS) is 12.9. The molecule has 2 aromatic carbocycles. The monoisotopic (exact) mass is 525 g/mol. The molecule has 1 aliphatic rings. The molecule has 5 rings (SSSR count). The van der Waals surface area contributed by atoms with E-state index in [1.54, 1.807) is 28.8 Å². The molecular weight excluding hydrogens is 494 g/mol. The number of ether oxygens (including phenoxy) is 1. The van der Waals surface area contributed by atoms with Crippen molar-refractivity contribution in [1.29, 1.82) is 0 Å². The lowest BCUT2D eigenvalue weighted by Gasteiger charge is -2.38. The minimum Gasteiger partial charge on any atom is -0.383 e. The summed E-state index contributed by atoms with van der Waals surface area (Å²) in [5, 5.41) is 0.666. The number of nitrogens with zero attached hydrogens (tertiary/aromatic N) is 6. The largest absolute Gasteiger partial charge is 0.383 e. The van der Waals surface area contributed by atoms with Gasteiger partial charge in [-0.3, -0.25) is 14.2 Å². The van der Waals surface area contributed by atoms with Gasteiger partial charge in [0.2, 0.25) is 5.95 Å². The first-order chi connectivity index (χ1) is 18.8. The fourth-order valence-electron chi connectivity index (χ4n) is 4.97. The Morgan fingerprint density at radius 1 is 1.18 bits per heavy atom. The van der Waals surface area contributed by atoms with Crippen LogP contribution in [-0.2, 0) is 9.53 Å². The molecule has 3 heterocycles. The molecule has 1 amide bonds. The molecule has 0 atom stereocenters. The van der Waals surface area contributed by atoms with Crippen LogP contribution >= 0.6 is 0 Å². The predicted octanol–water partition coefficient (Wildman–Crippen LogP) is 3.42. The first kappa shape index (κ1) is 25.9. The second kappa shape index (κ2) is 10.6. The molecule has 2 N–H and O–H groups in total. The van der Waals surface area contributed by atoms with Crippen molar-refractivity contribution in [3.8, 4) is 5.69 Å². The first-order valence-corrected chi connectivity index (χ1v) is 12.6. The number of hydrogen-bond acceptors (Lipinski definition) is 8. The lowest BCUT2D eigenvalue weighted by atomic mass is 10.1. The van der Waals surface area contributed by atoms with Gasteiger partial charge in [0.25, 0.3) is 11.5 Å². The third-order valence-corrected chi connectivity index (χ3v) is 6.98. The topological polar surface area (TPSA) is 110 Å². The molecule has 1 aliphatic heterocycles. The van der Waals surface area contributed by atoms with Crippen molar-refractivity contribution >= 4 is 45.6 Å². The van der Waals surface area contributed by atoms with Crippen LogP contribution in [0.3, 0.4) is 0 Å². The third-order valence-electron chi connectivity index (χ3n) is 6.98. The Morgan fingerprint density at radius 3 is 2.67 bits per heavy atom. The van der Waals surface area contributed by atoms with Crippen LogP contribution in [0.25, 0.3) is 16.7 Å². The summed E-state index contributed by atoms with van der Waals surface area (Å²) in [5.74, 6) is -0.0996. The van der Waals surface area contributed by atoms with Crippen molar-refractivity contribution in [3.05, 3.63) is 83.3 Å². The molecule has 2 aromatic heterocycles. The van der Waals surface area contributed by atoms with Gasteiger partial charge in [-0.1, -0.05) is 18.7 Å². The number of amides is 1. The number of anilines is 5. The number of carbonyl (C=O) groups excluding carboxylic acids is 1. The van der Waals surface area contributed by atoms with Crippen molar-refractivity contribution in [2.45, 2.75) is 6.92 Å². The molecule has 39 heavy (non-hydrogen) atoms. The van der Waals surface area contributed by atoms with Crippen LogP contribution in [0.4, 0.5) is 28.7 Å². The van der Waals surface area contributed by atoms with Crippen molar-refractivity contribution in [2.75, 3.05) is 60.8 Å². The molecule has 10 heteroatoms. The zero-order valence-electron chi connectivity index (χ0n) is 22.3. The van der Waals surface area contributed by atoms with Gasteiger partial charge in [0.15, 0.2) is 5.65 Å². The number of carbonyl (C=O) groups is 1. The van der Waals surface area contributed by atoms with E-state index in [0.717, 1.165) is 29.2 Å². The van der Waals surface area contributed by atoms with Crippen molar-refractivity contribution in [2.24, 2.45) is 0 Å². The zero-order chi connectivity index (χ0) is 27.7. The summed E-state index contributed by atoms with van der Waals surface area (Å²) in [7, 11) is 3.66. The van der Waals surface area contributed by atoms with E-state index in [1.165, 1.54) is 6.08 Å². The Balaban J connectivity index is 1.67. The number of para-hydroxylation sites is 1. The predicted molar refractivity (Wildman–Crippen MR) is 155 cm³/mol. The SMILES string of the molecule is C=CC(=O)N1CCN(c2cc3cnc(N)nc3n(-c3ccc(N(C)CCOC)cc3)c2=O)c2cccc(C)c21. The van der Waals surface area contributed by atoms with Gasteiger partial charge in [0.1, 0.15) is 5.69 Å². The molecule has 4 aromatic rings. The third kappa shape index (κ3) is 4.70. The molecule has 0 aliphatic carbocycles. The number of aryl methyl sites for hydroxylation is 1. The van der Waals surface area contributed by atoms with Crippen LogP contribution < -0.4 is 26.0 Å². The number of hydrogen-bond donors (Lipinski definition) is 1. The first-order valence-electron chi connectivity index (χ1n) is 12.6. The van der Waals surface area contributed by atoms with Crippen molar-refractivity contribution in [1.82, 2.24) is 14.5 Å². The lowest BCUT2D eigenvalue weighted by molar-refractivity contribution is -0.114. The summed E-state index contributed by atoms with van der Waals surface area (Å²) in [6, 6.07) is 15.3. The smallest absolute Gasteiger partial charge is 0.280 e. The average Bonchev–Trinajstić information content (AvgIpc) is 2.95. The maximum absolute atomic E-state index is 14.2. The van der Waals surface area contributed by atoms with Gasteiger partial charge in [0.05, 0.1) is 23.7 Å². The quantitative estimate of drug-likeness (QED) is 0.366. The van der Waals surface area contributed by atoms with Gasteiger partial charge < -0.3 is 25.2 Å². The van der Waals surface area contributed by atoms with E-state index in [4.69, 9.17) is 10.5 Å². The highest BCUT2D eigenvalue weighted by Gasteiger charge is 2.30. The summed E-state index contributed by atoms with van der Waals surface area (Å²) >= 11 is 0. The number of nitrogen functional groups attached to an aromatic ring is 1. The second-order valence-corrected chi connectivity index (χ2v) is 9.40. The molecule has 0 saturated heterocycles. The van der Waals surface area contributed by atoms with E-state index in [0.29, 0.717) is 42.1 Å². The highest BCUT2D eigenvalue weighted by Crippen LogP contribution is 2.39. The number of aromatic nitrogens is 3. The van der Waals surface area contributed by atoms with Gasteiger partial charge >= 0.3 is 0 Å². The second-order valence-electron chi connectivity index (χ2n) is 9.40. The number of likely N-dealkylation sites (N-methyl/N-ethyl adjacent to an activating group) is 1. The van der Waals surface area contributed by atoms with Crippen LogP contribution in [0.15, 0.2) is 72.2 Å².